The summed E-state index contributed by atoms with van der Waals surface area (Å²) < 4.78 is 11.6. The first-order chi connectivity index (χ1) is 7.70. The van der Waals surface area contributed by atoms with Gasteiger partial charge in [0.1, 0.15) is 11.8 Å². The summed E-state index contributed by atoms with van der Waals surface area (Å²) in [5.74, 6) is 0.601. The zero-order valence-corrected chi connectivity index (χ0v) is 9.93. The van der Waals surface area contributed by atoms with Gasteiger partial charge in [-0.2, -0.15) is 5.10 Å². The second-order valence-corrected chi connectivity index (χ2v) is 3.43. The van der Waals surface area contributed by atoms with Crippen LogP contribution in [0.15, 0.2) is 6.20 Å². The van der Waals surface area contributed by atoms with E-state index in [9.17, 15) is 5.11 Å². The summed E-state index contributed by atoms with van der Waals surface area (Å²) >= 11 is 0. The van der Waals surface area contributed by atoms with Gasteiger partial charge >= 0.3 is 0 Å². The van der Waals surface area contributed by atoms with E-state index in [1.165, 1.54) is 0 Å². The van der Waals surface area contributed by atoms with Crippen LogP contribution in [0.4, 0.5) is 0 Å². The summed E-state index contributed by atoms with van der Waals surface area (Å²) in [6, 6.07) is 0. The Morgan fingerprint density at radius 1 is 1.56 bits per heavy atom. The molecular weight excluding hydrogens is 210 g/mol. The number of hydrogen-bond donors (Lipinski definition) is 2. The molecule has 0 spiro atoms. The smallest absolute Gasteiger partial charge is 0.162 e. The minimum Gasteiger partial charge on any atom is -0.493 e. The largest absolute Gasteiger partial charge is 0.493 e. The summed E-state index contributed by atoms with van der Waals surface area (Å²) in [6.07, 6.45) is 0.951. The van der Waals surface area contributed by atoms with Gasteiger partial charge in [0.05, 0.1) is 19.9 Å². The van der Waals surface area contributed by atoms with E-state index in [-0.39, 0.29) is 0 Å². The normalized spacial score (nSPS) is 12.8. The Bertz CT molecular complexity index is 314. The lowest BCUT2D eigenvalue weighted by atomic mass is 10.2. The zero-order chi connectivity index (χ0) is 12.0. The number of nitrogens with one attached hydrogen (secondary N) is 1. The third kappa shape index (κ3) is 3.19. The summed E-state index contributed by atoms with van der Waals surface area (Å²) in [4.78, 5) is 0. The molecule has 16 heavy (non-hydrogen) atoms. The highest BCUT2D eigenvalue weighted by Gasteiger charge is 2.17. The lowest BCUT2D eigenvalue weighted by Crippen LogP contribution is -2.26. The van der Waals surface area contributed by atoms with Crippen molar-refractivity contribution in [1.29, 1.82) is 0 Å². The Morgan fingerprint density at radius 2 is 2.31 bits per heavy atom. The minimum absolute atomic E-state index is 0.444. The van der Waals surface area contributed by atoms with Crippen LogP contribution in [0.3, 0.4) is 0 Å². The van der Waals surface area contributed by atoms with Crippen LogP contribution in [-0.4, -0.2) is 48.8 Å². The van der Waals surface area contributed by atoms with Crippen molar-refractivity contribution in [2.45, 2.75) is 6.10 Å². The molecule has 6 nitrogen and oxygen atoms in total. The van der Waals surface area contributed by atoms with Crippen molar-refractivity contribution in [2.24, 2.45) is 7.05 Å². The predicted octanol–water partition coefficient (Wildman–Crippen LogP) is -0.302. The fraction of sp³-hybridized carbons (Fsp3) is 0.700. The summed E-state index contributed by atoms with van der Waals surface area (Å²) in [5.41, 5.74) is 0.674. The number of aromatic nitrogens is 2. The number of methoxy groups -OCH3 is 2. The van der Waals surface area contributed by atoms with Crippen molar-refractivity contribution in [2.75, 3.05) is 33.9 Å². The van der Waals surface area contributed by atoms with Gasteiger partial charge in [-0.25, -0.2) is 0 Å². The lowest BCUT2D eigenvalue weighted by Gasteiger charge is -2.13. The third-order valence-electron chi connectivity index (χ3n) is 2.31. The standard InChI is InChI=1S/C10H19N3O3/c1-13-10(9(16-3)7-12-13)8(14)6-11-4-5-15-2/h7-8,11,14H,4-6H2,1-3H3. The Balaban J connectivity index is 2.51. The average Bonchev–Trinajstić information content (AvgIpc) is 2.65. The van der Waals surface area contributed by atoms with Crippen molar-refractivity contribution in [3.63, 3.8) is 0 Å². The Morgan fingerprint density at radius 3 is 2.94 bits per heavy atom. The van der Waals surface area contributed by atoms with Gasteiger partial charge in [-0.1, -0.05) is 0 Å². The van der Waals surface area contributed by atoms with Gasteiger partial charge in [0.25, 0.3) is 0 Å². The van der Waals surface area contributed by atoms with Crippen molar-refractivity contribution in [1.82, 2.24) is 15.1 Å². The van der Waals surface area contributed by atoms with Crippen molar-refractivity contribution in [3.05, 3.63) is 11.9 Å². The molecule has 1 heterocycles. The Labute approximate surface area is 95.2 Å². The molecule has 0 aromatic carbocycles. The second-order valence-electron chi connectivity index (χ2n) is 3.43. The molecule has 0 amide bonds. The molecule has 0 bridgehead atoms. The SMILES string of the molecule is COCCNCC(O)c1c(OC)cnn1C. The van der Waals surface area contributed by atoms with Crippen LogP contribution >= 0.6 is 0 Å². The lowest BCUT2D eigenvalue weighted by molar-refractivity contribution is 0.151. The van der Waals surface area contributed by atoms with Gasteiger partial charge < -0.3 is 19.9 Å². The van der Waals surface area contributed by atoms with E-state index >= 15 is 0 Å². The van der Waals surface area contributed by atoms with Crippen molar-refractivity contribution in [3.8, 4) is 5.75 Å². The number of ether oxygens (including phenoxy) is 2. The van der Waals surface area contributed by atoms with E-state index in [2.05, 4.69) is 10.4 Å². The number of rotatable bonds is 7. The Hall–Kier alpha value is -1.11. The van der Waals surface area contributed by atoms with E-state index in [4.69, 9.17) is 9.47 Å². The van der Waals surface area contributed by atoms with Crippen LogP contribution in [0, 0.1) is 0 Å². The molecule has 0 saturated heterocycles. The number of aliphatic hydroxyl groups is 1. The maximum absolute atomic E-state index is 9.96. The molecule has 1 unspecified atom stereocenters. The van der Waals surface area contributed by atoms with Gasteiger partial charge in [0.15, 0.2) is 5.75 Å². The molecule has 1 atom stereocenters. The van der Waals surface area contributed by atoms with E-state index in [1.807, 2.05) is 0 Å². The first-order valence-electron chi connectivity index (χ1n) is 5.14. The molecule has 0 fully saturated rings. The molecule has 2 N–H and O–H groups in total. The van der Waals surface area contributed by atoms with Crippen LogP contribution in [0.5, 0.6) is 5.75 Å². The number of hydrogen-bond acceptors (Lipinski definition) is 5. The van der Waals surface area contributed by atoms with Crippen LogP contribution in [-0.2, 0) is 11.8 Å². The monoisotopic (exact) mass is 229 g/mol. The molecule has 0 aliphatic heterocycles. The maximum Gasteiger partial charge on any atom is 0.162 e. The van der Waals surface area contributed by atoms with Gasteiger partial charge in [-0.15, -0.1) is 0 Å². The van der Waals surface area contributed by atoms with E-state index < -0.39 is 6.10 Å². The molecule has 6 heteroatoms. The topological polar surface area (TPSA) is 68.5 Å². The summed E-state index contributed by atoms with van der Waals surface area (Å²) in [5, 5.41) is 17.1. The number of nitrogens with zero attached hydrogens (tertiary/aromatic N) is 2. The van der Waals surface area contributed by atoms with Crippen LogP contribution in [0.2, 0.25) is 0 Å². The van der Waals surface area contributed by atoms with Crippen LogP contribution < -0.4 is 10.1 Å². The van der Waals surface area contributed by atoms with Crippen molar-refractivity contribution >= 4 is 0 Å². The van der Waals surface area contributed by atoms with Gasteiger partial charge in [-0.3, -0.25) is 4.68 Å². The van der Waals surface area contributed by atoms with Crippen molar-refractivity contribution < 1.29 is 14.6 Å². The minimum atomic E-state index is -0.640. The highest BCUT2D eigenvalue weighted by atomic mass is 16.5. The van der Waals surface area contributed by atoms with Gasteiger partial charge in [0.2, 0.25) is 0 Å². The second kappa shape index (κ2) is 6.47. The van der Waals surface area contributed by atoms with E-state index in [1.54, 1.807) is 32.1 Å². The van der Waals surface area contributed by atoms with Crippen LogP contribution in [0.1, 0.15) is 11.8 Å². The summed E-state index contributed by atoms with van der Waals surface area (Å²) in [7, 11) is 4.98. The molecule has 0 aliphatic carbocycles. The van der Waals surface area contributed by atoms with Gasteiger partial charge in [-0.05, 0) is 0 Å². The number of aliphatic hydroxyl groups excluding tert-OH is 1. The molecular formula is C10H19N3O3. The van der Waals surface area contributed by atoms with Gasteiger partial charge in [0, 0.05) is 27.2 Å². The molecule has 1 aromatic rings. The highest BCUT2D eigenvalue weighted by Crippen LogP contribution is 2.23. The maximum atomic E-state index is 9.96. The van der Waals surface area contributed by atoms with E-state index in [0.29, 0.717) is 31.1 Å². The predicted molar refractivity (Wildman–Crippen MR) is 59.5 cm³/mol. The van der Waals surface area contributed by atoms with E-state index in [0.717, 1.165) is 0 Å². The van der Waals surface area contributed by atoms with Crippen LogP contribution in [0.25, 0.3) is 0 Å². The first kappa shape index (κ1) is 13.0. The summed E-state index contributed by atoms with van der Waals surface area (Å²) in [6.45, 7) is 1.77. The first-order valence-corrected chi connectivity index (χ1v) is 5.14. The molecule has 1 rings (SSSR count). The average molecular weight is 229 g/mol. The molecule has 0 saturated carbocycles. The fourth-order valence-corrected chi connectivity index (χ4v) is 1.47. The molecule has 0 aliphatic rings. The zero-order valence-electron chi connectivity index (χ0n) is 9.93. The molecule has 1 aromatic heterocycles. The molecule has 92 valence electrons. The third-order valence-corrected chi connectivity index (χ3v) is 2.31. The highest BCUT2D eigenvalue weighted by molar-refractivity contribution is 5.27. The Kier molecular flexibility index (Phi) is 5.24. The fourth-order valence-electron chi connectivity index (χ4n) is 1.47. The number of aryl methyl sites for hydroxylation is 1. The quantitative estimate of drug-likeness (QED) is 0.628. The molecule has 0 radical (unpaired) electrons.